The van der Waals surface area contributed by atoms with E-state index in [1.54, 1.807) is 37.4 Å². The first-order chi connectivity index (χ1) is 14.5. The van der Waals surface area contributed by atoms with Crippen LogP contribution in [0.4, 0.5) is 0 Å². The lowest BCUT2D eigenvalue weighted by Crippen LogP contribution is -2.20. The minimum atomic E-state index is -0.813. The summed E-state index contributed by atoms with van der Waals surface area (Å²) >= 11 is 0. The van der Waals surface area contributed by atoms with E-state index in [1.165, 1.54) is 4.40 Å². The molecule has 152 valence electrons. The van der Waals surface area contributed by atoms with Gasteiger partial charge in [-0.15, -0.1) is 0 Å². The molecular weight excluding hydrogens is 382 g/mol. The number of nitrogens with zero attached hydrogens (tertiary/aromatic N) is 3. The summed E-state index contributed by atoms with van der Waals surface area (Å²) in [5.74, 6) is -0.316. The molecule has 2 aromatic heterocycles. The lowest BCUT2D eigenvalue weighted by atomic mass is 10.1. The predicted molar refractivity (Wildman–Crippen MR) is 112 cm³/mol. The molecule has 7 heteroatoms. The Balaban J connectivity index is 2.21. The zero-order valence-electron chi connectivity index (χ0n) is 17.0. The highest BCUT2D eigenvalue weighted by molar-refractivity contribution is 5.98. The number of rotatable bonds is 6. The predicted octanol–water partition coefficient (Wildman–Crippen LogP) is 3.83. The van der Waals surface area contributed by atoms with Crippen LogP contribution in [0.2, 0.25) is 0 Å². The van der Waals surface area contributed by atoms with Gasteiger partial charge in [0.05, 0.1) is 6.61 Å². The third-order valence-electron chi connectivity index (χ3n) is 4.50. The van der Waals surface area contributed by atoms with Gasteiger partial charge in [0.25, 0.3) is 5.56 Å². The van der Waals surface area contributed by atoms with Crippen LogP contribution in [-0.2, 0) is 16.0 Å². The highest BCUT2D eigenvalue weighted by Gasteiger charge is 2.18. The molecule has 0 amide bonds. The first-order valence-corrected chi connectivity index (χ1v) is 9.56. The van der Waals surface area contributed by atoms with Gasteiger partial charge < -0.3 is 9.47 Å². The lowest BCUT2D eigenvalue weighted by Gasteiger charge is -2.11. The van der Waals surface area contributed by atoms with Crippen LogP contribution in [0.15, 0.2) is 53.0 Å². The molecule has 0 saturated carbocycles. The maximum absolute atomic E-state index is 13.2. The van der Waals surface area contributed by atoms with E-state index in [9.17, 15) is 14.9 Å². The number of carbonyl (C=O) groups excluding carboxylic acids is 1. The van der Waals surface area contributed by atoms with Gasteiger partial charge in [-0.25, -0.2) is 4.79 Å². The molecule has 0 aliphatic heterocycles. The number of nitriles is 1. The van der Waals surface area contributed by atoms with Crippen molar-refractivity contribution in [3.05, 3.63) is 75.2 Å². The molecular formula is C23H21N3O4. The number of esters is 1. The molecule has 0 radical (unpaired) electrons. The van der Waals surface area contributed by atoms with Crippen molar-refractivity contribution in [2.75, 3.05) is 6.61 Å². The molecule has 0 N–H and O–H groups in total. The van der Waals surface area contributed by atoms with Crippen LogP contribution >= 0.6 is 0 Å². The zero-order chi connectivity index (χ0) is 21.7. The topological polar surface area (TPSA) is 93.7 Å². The maximum Gasteiger partial charge on any atom is 0.348 e. The molecule has 0 unspecified atom stereocenters. The van der Waals surface area contributed by atoms with Gasteiger partial charge in [0.2, 0.25) is 5.88 Å². The van der Waals surface area contributed by atoms with E-state index < -0.39 is 11.5 Å². The summed E-state index contributed by atoms with van der Waals surface area (Å²) in [7, 11) is 0. The summed E-state index contributed by atoms with van der Waals surface area (Å²) in [6.45, 7) is 5.62. The zero-order valence-corrected chi connectivity index (χ0v) is 17.0. The fourth-order valence-corrected chi connectivity index (χ4v) is 2.89. The fraction of sp³-hybridized carbons (Fsp3) is 0.217. The van der Waals surface area contributed by atoms with Crippen molar-refractivity contribution in [2.24, 2.45) is 0 Å². The standard InChI is InChI=1S/C23H21N3O4/c1-4-16-8-10-18(11-9-16)30-21-19(13-17(14-24)23(28)29-5-2)22(27)26-12-6-7-15(3)20(26)25-21/h6-13H,4-5H2,1-3H3/b17-13-. The van der Waals surface area contributed by atoms with E-state index in [-0.39, 0.29) is 23.6 Å². The Bertz CT molecular complexity index is 1220. The van der Waals surface area contributed by atoms with Crippen molar-refractivity contribution in [2.45, 2.75) is 27.2 Å². The van der Waals surface area contributed by atoms with Crippen LogP contribution < -0.4 is 10.3 Å². The van der Waals surface area contributed by atoms with Crippen molar-refractivity contribution >= 4 is 17.7 Å². The highest BCUT2D eigenvalue weighted by atomic mass is 16.5. The third kappa shape index (κ3) is 4.23. The summed E-state index contributed by atoms with van der Waals surface area (Å²) in [5.41, 5.74) is 1.56. The molecule has 0 spiro atoms. The quantitative estimate of drug-likeness (QED) is 0.353. The molecule has 0 fully saturated rings. The molecule has 7 nitrogen and oxygen atoms in total. The molecule has 0 aliphatic rings. The van der Waals surface area contributed by atoms with Crippen molar-refractivity contribution < 1.29 is 14.3 Å². The summed E-state index contributed by atoms with van der Waals surface area (Å²) < 4.78 is 12.2. The van der Waals surface area contributed by atoms with Gasteiger partial charge >= 0.3 is 5.97 Å². The van der Waals surface area contributed by atoms with Crippen molar-refractivity contribution in [1.29, 1.82) is 5.26 Å². The van der Waals surface area contributed by atoms with E-state index in [0.29, 0.717) is 11.4 Å². The van der Waals surface area contributed by atoms with E-state index >= 15 is 0 Å². The second-order valence-corrected chi connectivity index (χ2v) is 6.51. The molecule has 30 heavy (non-hydrogen) atoms. The van der Waals surface area contributed by atoms with Crippen LogP contribution in [0.5, 0.6) is 11.6 Å². The molecule has 0 atom stereocenters. The van der Waals surface area contributed by atoms with Gasteiger partial charge in [0.1, 0.15) is 28.6 Å². The minimum Gasteiger partial charge on any atom is -0.462 e. The number of ether oxygens (including phenoxy) is 2. The fourth-order valence-electron chi connectivity index (χ4n) is 2.89. The average Bonchev–Trinajstić information content (AvgIpc) is 2.75. The molecule has 0 aliphatic carbocycles. The highest BCUT2D eigenvalue weighted by Crippen LogP contribution is 2.25. The summed E-state index contributed by atoms with van der Waals surface area (Å²) in [5, 5.41) is 9.38. The lowest BCUT2D eigenvalue weighted by molar-refractivity contribution is -0.137. The van der Waals surface area contributed by atoms with Crippen LogP contribution in [0.25, 0.3) is 11.7 Å². The number of fused-ring (bicyclic) bond motifs is 1. The first kappa shape index (κ1) is 20.8. The van der Waals surface area contributed by atoms with Crippen LogP contribution in [0.3, 0.4) is 0 Å². The number of aromatic nitrogens is 2. The largest absolute Gasteiger partial charge is 0.462 e. The number of aryl methyl sites for hydroxylation is 2. The second kappa shape index (κ2) is 9.05. The van der Waals surface area contributed by atoms with E-state index in [1.807, 2.05) is 32.0 Å². The molecule has 3 rings (SSSR count). The average molecular weight is 403 g/mol. The molecule has 1 aromatic carbocycles. The number of pyridine rings is 1. The first-order valence-electron chi connectivity index (χ1n) is 9.56. The number of hydrogen-bond acceptors (Lipinski definition) is 6. The van der Waals surface area contributed by atoms with Crippen LogP contribution in [0.1, 0.15) is 30.5 Å². The van der Waals surface area contributed by atoms with Crippen molar-refractivity contribution in [3.8, 4) is 17.7 Å². The molecule has 0 saturated heterocycles. The Morgan fingerprint density at radius 3 is 2.60 bits per heavy atom. The summed E-state index contributed by atoms with van der Waals surface area (Å²) in [6.07, 6.45) is 3.62. The summed E-state index contributed by atoms with van der Waals surface area (Å²) in [6, 6.07) is 12.7. The molecule has 0 bridgehead atoms. The number of hydrogen-bond donors (Lipinski definition) is 0. The molecule has 3 aromatic rings. The van der Waals surface area contributed by atoms with Crippen molar-refractivity contribution in [1.82, 2.24) is 9.38 Å². The Labute approximate surface area is 173 Å². The van der Waals surface area contributed by atoms with Gasteiger partial charge in [-0.05, 0) is 55.7 Å². The van der Waals surface area contributed by atoms with Gasteiger partial charge in [0, 0.05) is 6.20 Å². The van der Waals surface area contributed by atoms with Crippen LogP contribution in [-0.4, -0.2) is 22.0 Å². The Morgan fingerprint density at radius 1 is 1.23 bits per heavy atom. The Kier molecular flexibility index (Phi) is 6.28. The van der Waals surface area contributed by atoms with E-state index in [4.69, 9.17) is 9.47 Å². The Morgan fingerprint density at radius 2 is 1.97 bits per heavy atom. The SMILES string of the molecule is CCOC(=O)/C(C#N)=C\c1c(Oc2ccc(CC)cc2)nc2c(C)cccn2c1=O. The van der Waals surface area contributed by atoms with E-state index in [2.05, 4.69) is 4.98 Å². The van der Waals surface area contributed by atoms with Crippen molar-refractivity contribution in [3.63, 3.8) is 0 Å². The Hall–Kier alpha value is -3.92. The maximum atomic E-state index is 13.2. The monoisotopic (exact) mass is 403 g/mol. The normalized spacial score (nSPS) is 11.2. The van der Waals surface area contributed by atoms with Gasteiger partial charge in [-0.3, -0.25) is 9.20 Å². The number of benzene rings is 1. The van der Waals surface area contributed by atoms with Gasteiger partial charge in [-0.2, -0.15) is 10.2 Å². The smallest absolute Gasteiger partial charge is 0.348 e. The number of carbonyl (C=O) groups is 1. The second-order valence-electron chi connectivity index (χ2n) is 6.51. The summed E-state index contributed by atoms with van der Waals surface area (Å²) in [4.78, 5) is 29.7. The van der Waals surface area contributed by atoms with Crippen LogP contribution in [0, 0.1) is 18.3 Å². The third-order valence-corrected chi connectivity index (χ3v) is 4.50. The molecule has 2 heterocycles. The van der Waals surface area contributed by atoms with Gasteiger partial charge in [0.15, 0.2) is 0 Å². The van der Waals surface area contributed by atoms with E-state index in [0.717, 1.165) is 23.6 Å². The van der Waals surface area contributed by atoms with Gasteiger partial charge in [-0.1, -0.05) is 25.1 Å². The minimum absolute atomic E-state index is 0.00981.